The molecule has 1 aliphatic heterocycles. The van der Waals surface area contributed by atoms with Gasteiger partial charge in [-0.15, -0.1) is 0 Å². The summed E-state index contributed by atoms with van der Waals surface area (Å²) in [6.45, 7) is 5.54. The lowest BCUT2D eigenvalue weighted by Gasteiger charge is -2.29. The molecule has 0 saturated carbocycles. The summed E-state index contributed by atoms with van der Waals surface area (Å²) in [6, 6.07) is 13.3. The molecule has 0 bridgehead atoms. The van der Waals surface area contributed by atoms with Gasteiger partial charge in [0.15, 0.2) is 0 Å². The molecule has 31 heavy (non-hydrogen) atoms. The molecular weight excluding hydrogens is 412 g/mol. The first-order valence-corrected chi connectivity index (χ1v) is 12.0. The fraction of sp³-hybridized carbons (Fsp3) is 0.435. The van der Waals surface area contributed by atoms with Crippen molar-refractivity contribution in [2.24, 2.45) is 0 Å². The van der Waals surface area contributed by atoms with Crippen molar-refractivity contribution < 1.29 is 13.2 Å². The van der Waals surface area contributed by atoms with Crippen LogP contribution in [0.5, 0.6) is 0 Å². The first kappa shape index (κ1) is 23.1. The van der Waals surface area contributed by atoms with Crippen LogP contribution in [0.3, 0.4) is 0 Å². The molecule has 0 unspecified atom stereocenters. The van der Waals surface area contributed by atoms with Crippen molar-refractivity contribution in [3.63, 3.8) is 0 Å². The molecule has 0 aliphatic carbocycles. The van der Waals surface area contributed by atoms with Crippen molar-refractivity contribution >= 4 is 33.2 Å². The van der Waals surface area contributed by atoms with Crippen molar-refractivity contribution in [3.05, 3.63) is 53.6 Å². The van der Waals surface area contributed by atoms with Crippen LogP contribution in [0.15, 0.2) is 42.5 Å². The summed E-state index contributed by atoms with van der Waals surface area (Å²) in [5.74, 6) is -0.392. The molecule has 2 aromatic rings. The normalized spacial score (nSPS) is 14.5. The van der Waals surface area contributed by atoms with Crippen LogP contribution in [0.2, 0.25) is 0 Å². The number of anilines is 3. The number of carbonyl (C=O) groups excluding carboxylic acids is 1. The van der Waals surface area contributed by atoms with Gasteiger partial charge in [-0.2, -0.15) is 12.7 Å². The van der Waals surface area contributed by atoms with E-state index in [4.69, 9.17) is 0 Å². The number of piperidine rings is 1. The maximum atomic E-state index is 13.0. The van der Waals surface area contributed by atoms with Gasteiger partial charge in [-0.05, 0) is 74.6 Å². The van der Waals surface area contributed by atoms with E-state index in [-0.39, 0.29) is 6.54 Å². The number of rotatable bonds is 7. The van der Waals surface area contributed by atoms with E-state index in [1.165, 1.54) is 33.4 Å². The predicted octanol–water partition coefficient (Wildman–Crippen LogP) is 3.55. The molecule has 0 aromatic heterocycles. The van der Waals surface area contributed by atoms with Crippen molar-refractivity contribution in [1.29, 1.82) is 0 Å². The van der Waals surface area contributed by atoms with Gasteiger partial charge < -0.3 is 10.2 Å². The van der Waals surface area contributed by atoms with E-state index >= 15 is 0 Å². The molecule has 3 rings (SSSR count). The maximum Gasteiger partial charge on any atom is 0.304 e. The second kappa shape index (κ2) is 9.70. The predicted molar refractivity (Wildman–Crippen MR) is 127 cm³/mol. The van der Waals surface area contributed by atoms with Crippen molar-refractivity contribution in [2.45, 2.75) is 33.1 Å². The van der Waals surface area contributed by atoms with Crippen LogP contribution in [-0.4, -0.2) is 52.4 Å². The Hall–Kier alpha value is -2.58. The summed E-state index contributed by atoms with van der Waals surface area (Å²) < 4.78 is 28.2. The van der Waals surface area contributed by atoms with Crippen molar-refractivity contribution in [2.75, 3.05) is 48.3 Å². The van der Waals surface area contributed by atoms with Gasteiger partial charge in [-0.3, -0.25) is 4.79 Å². The minimum absolute atomic E-state index is 0.307. The topological polar surface area (TPSA) is 73.0 Å². The van der Waals surface area contributed by atoms with E-state index in [2.05, 4.69) is 10.2 Å². The monoisotopic (exact) mass is 444 g/mol. The highest BCUT2D eigenvalue weighted by Crippen LogP contribution is 2.26. The Morgan fingerprint density at radius 3 is 2.26 bits per heavy atom. The Morgan fingerprint density at radius 2 is 1.65 bits per heavy atom. The number of amides is 1. The summed E-state index contributed by atoms with van der Waals surface area (Å²) >= 11 is 0. The van der Waals surface area contributed by atoms with Gasteiger partial charge in [-0.1, -0.05) is 12.1 Å². The van der Waals surface area contributed by atoms with Gasteiger partial charge in [0.05, 0.1) is 5.69 Å². The van der Waals surface area contributed by atoms with Crippen LogP contribution in [0.25, 0.3) is 0 Å². The number of hydrogen-bond donors (Lipinski definition) is 1. The zero-order chi connectivity index (χ0) is 22.6. The third kappa shape index (κ3) is 5.57. The molecular formula is C23H32N4O3S. The fourth-order valence-electron chi connectivity index (χ4n) is 3.71. The molecule has 1 heterocycles. The van der Waals surface area contributed by atoms with Gasteiger partial charge in [0.1, 0.15) is 6.54 Å². The van der Waals surface area contributed by atoms with Crippen LogP contribution in [0.4, 0.5) is 17.1 Å². The summed E-state index contributed by atoms with van der Waals surface area (Å²) in [5.41, 5.74) is 4.01. The highest BCUT2D eigenvalue weighted by Gasteiger charge is 2.28. The quantitative estimate of drug-likeness (QED) is 0.709. The Morgan fingerprint density at radius 1 is 1.00 bits per heavy atom. The van der Waals surface area contributed by atoms with E-state index in [0.29, 0.717) is 11.4 Å². The first-order chi connectivity index (χ1) is 14.7. The van der Waals surface area contributed by atoms with Crippen LogP contribution in [0.1, 0.15) is 30.4 Å². The van der Waals surface area contributed by atoms with Crippen LogP contribution >= 0.6 is 0 Å². The lowest BCUT2D eigenvalue weighted by Crippen LogP contribution is -2.44. The lowest BCUT2D eigenvalue weighted by atomic mass is 10.1. The smallest absolute Gasteiger partial charge is 0.304 e. The molecule has 2 aromatic carbocycles. The SMILES string of the molecule is Cc1ccc(C)c(N(CC(=O)Nc2ccc(N3CCCCC3)cc2)S(=O)(=O)N(C)C)c1. The largest absolute Gasteiger partial charge is 0.372 e. The molecule has 0 spiro atoms. The zero-order valence-corrected chi connectivity index (χ0v) is 19.6. The number of aryl methyl sites for hydroxylation is 2. The van der Waals surface area contributed by atoms with E-state index in [1.54, 1.807) is 6.07 Å². The number of nitrogens with zero attached hydrogens (tertiary/aromatic N) is 3. The first-order valence-electron chi connectivity index (χ1n) is 10.6. The van der Waals surface area contributed by atoms with Crippen molar-refractivity contribution in [3.8, 4) is 0 Å². The lowest BCUT2D eigenvalue weighted by molar-refractivity contribution is -0.114. The summed E-state index contributed by atoms with van der Waals surface area (Å²) in [5, 5.41) is 2.84. The van der Waals surface area contributed by atoms with E-state index < -0.39 is 16.1 Å². The Kier molecular flexibility index (Phi) is 7.23. The van der Waals surface area contributed by atoms with Gasteiger partial charge in [0.2, 0.25) is 5.91 Å². The number of nitrogens with one attached hydrogen (secondary N) is 1. The second-order valence-electron chi connectivity index (χ2n) is 8.23. The molecule has 1 aliphatic rings. The second-order valence-corrected chi connectivity index (χ2v) is 10.3. The molecule has 1 saturated heterocycles. The third-order valence-electron chi connectivity index (χ3n) is 5.53. The molecule has 8 heteroatoms. The average Bonchev–Trinajstić information content (AvgIpc) is 2.75. The van der Waals surface area contributed by atoms with Crippen LogP contribution in [-0.2, 0) is 15.0 Å². The molecule has 1 fully saturated rings. The minimum Gasteiger partial charge on any atom is -0.372 e. The Labute approximate surface area is 185 Å². The Balaban J connectivity index is 1.77. The van der Waals surface area contributed by atoms with Gasteiger partial charge >= 0.3 is 10.2 Å². The summed E-state index contributed by atoms with van der Waals surface area (Å²) in [6.07, 6.45) is 3.68. The zero-order valence-electron chi connectivity index (χ0n) is 18.8. The van der Waals surface area contributed by atoms with Crippen LogP contribution in [0, 0.1) is 13.8 Å². The standard InChI is InChI=1S/C23H32N4O3S/c1-18-8-9-19(2)22(16-18)27(31(29,30)25(3)4)17-23(28)24-20-10-12-21(13-11-20)26-14-6-5-7-15-26/h8-13,16H,5-7,14-15,17H2,1-4H3,(H,24,28). The van der Waals surface area contributed by atoms with Crippen molar-refractivity contribution in [1.82, 2.24) is 4.31 Å². The third-order valence-corrected chi connectivity index (χ3v) is 7.34. The highest BCUT2D eigenvalue weighted by molar-refractivity contribution is 7.90. The molecule has 168 valence electrons. The van der Waals surface area contributed by atoms with E-state index in [0.717, 1.165) is 38.5 Å². The number of carbonyl (C=O) groups is 1. The number of benzene rings is 2. The van der Waals surface area contributed by atoms with Gasteiger partial charge in [0, 0.05) is 38.6 Å². The molecule has 0 atom stereocenters. The molecule has 1 amide bonds. The van der Waals surface area contributed by atoms with Gasteiger partial charge in [0.25, 0.3) is 0 Å². The van der Waals surface area contributed by atoms with E-state index in [9.17, 15) is 13.2 Å². The highest BCUT2D eigenvalue weighted by atomic mass is 32.2. The summed E-state index contributed by atoms with van der Waals surface area (Å²) in [4.78, 5) is 15.2. The Bertz CT molecular complexity index is 1010. The van der Waals surface area contributed by atoms with E-state index in [1.807, 2.05) is 50.2 Å². The van der Waals surface area contributed by atoms with Gasteiger partial charge in [-0.25, -0.2) is 4.31 Å². The average molecular weight is 445 g/mol. The van der Waals surface area contributed by atoms with Crippen LogP contribution < -0.4 is 14.5 Å². The number of hydrogen-bond acceptors (Lipinski definition) is 4. The molecule has 7 nitrogen and oxygen atoms in total. The summed E-state index contributed by atoms with van der Waals surface area (Å²) in [7, 11) is -0.915. The minimum atomic E-state index is -3.84. The molecule has 0 radical (unpaired) electrons. The fourth-order valence-corrected chi connectivity index (χ4v) is 4.83. The molecule has 1 N–H and O–H groups in total. The maximum absolute atomic E-state index is 13.0.